The van der Waals surface area contributed by atoms with Gasteiger partial charge in [0.2, 0.25) is 0 Å². The molecule has 0 radical (unpaired) electrons. The van der Waals surface area contributed by atoms with Crippen LogP contribution in [0.1, 0.15) is 0 Å². The van der Waals surface area contributed by atoms with Gasteiger partial charge in [-0.1, -0.05) is 0 Å². The van der Waals surface area contributed by atoms with Crippen LogP contribution in [0.4, 0.5) is 65.9 Å². The van der Waals surface area contributed by atoms with Crippen molar-refractivity contribution in [2.75, 3.05) is 0 Å². The van der Waals surface area contributed by atoms with Crippen LogP contribution in [0.5, 0.6) is 0 Å². The molecule has 0 aliphatic heterocycles. The fraction of sp³-hybridized carbons (Fsp3) is 1.00. The van der Waals surface area contributed by atoms with Crippen LogP contribution in [0, 0.1) is 0 Å². The monoisotopic (exact) mass is 435 g/mol. The maximum Gasteiger partial charge on any atom is 0.481 e. The van der Waals surface area contributed by atoms with Crippen molar-refractivity contribution in [3.8, 4) is 0 Å². The van der Waals surface area contributed by atoms with Crippen LogP contribution in [0.25, 0.3) is 0 Å². The van der Waals surface area contributed by atoms with E-state index in [1.165, 1.54) is 0 Å². The molecule has 0 aromatic rings. The first-order valence-electron chi connectivity index (χ1n) is 4.75. The quantitative estimate of drug-likeness (QED) is 0.493. The molecule has 0 aromatic heterocycles. The van der Waals surface area contributed by atoms with Gasteiger partial charge >= 0.3 is 45.9 Å². The Kier molecular flexibility index (Phi) is 5.42. The van der Waals surface area contributed by atoms with E-state index in [1.54, 1.807) is 0 Å². The van der Waals surface area contributed by atoms with E-state index >= 15 is 0 Å². The molecule has 3 nitrogen and oxygen atoms in total. The Hall–Kier alpha value is -1.14. The normalized spacial score (nSPS) is 16.5. The summed E-state index contributed by atoms with van der Waals surface area (Å²) >= 11 is 0. The molecule has 0 amide bonds. The Bertz CT molecular complexity index is 581. The molecule has 0 aromatic carbocycles. The van der Waals surface area contributed by atoms with Gasteiger partial charge in [-0.3, -0.25) is 0 Å². The molecule has 25 heavy (non-hydrogen) atoms. The van der Waals surface area contributed by atoms with Crippen molar-refractivity contribution < 1.29 is 74.3 Å². The topological polar surface area (TPSA) is 37.4 Å². The highest BCUT2D eigenvalue weighted by Crippen LogP contribution is 2.56. The summed E-state index contributed by atoms with van der Waals surface area (Å²) in [6.07, 6.45) is -22.6. The van der Waals surface area contributed by atoms with E-state index < -0.39 is 50.2 Å². The third-order valence-electron chi connectivity index (χ3n) is 2.14. The van der Waals surface area contributed by atoms with E-state index in [-0.39, 0.29) is 0 Å². The van der Waals surface area contributed by atoms with Gasteiger partial charge in [0.05, 0.1) is 0 Å². The Morgan fingerprint density at radius 2 is 0.800 bits per heavy atom. The number of rotatable bonds is 4. The largest absolute Gasteiger partial charge is 0.481 e. The van der Waals surface area contributed by atoms with Crippen molar-refractivity contribution in [3.05, 3.63) is 0 Å². The van der Waals surface area contributed by atoms with Gasteiger partial charge in [-0.05, 0) is 4.31 Å². The summed E-state index contributed by atoms with van der Waals surface area (Å²) in [5.74, 6) is -16.3. The molecule has 0 bridgehead atoms. The maximum atomic E-state index is 13.0. The van der Waals surface area contributed by atoms with Crippen LogP contribution in [-0.4, -0.2) is 48.6 Å². The molecule has 0 heterocycles. The number of alkyl halides is 15. The lowest BCUT2D eigenvalue weighted by Gasteiger charge is -2.36. The van der Waals surface area contributed by atoms with Crippen molar-refractivity contribution >= 4 is 10.0 Å². The van der Waals surface area contributed by atoms with Gasteiger partial charge in [-0.25, -0.2) is 8.42 Å². The van der Waals surface area contributed by atoms with Crippen molar-refractivity contribution in [1.29, 1.82) is 0 Å². The molecular formula is C6F15NO2S. The minimum Gasteiger partial charge on any atom is -0.205 e. The van der Waals surface area contributed by atoms with Gasteiger partial charge in [-0.15, -0.1) is 0 Å². The van der Waals surface area contributed by atoms with Gasteiger partial charge in [0.15, 0.2) is 0 Å². The second-order valence-corrected chi connectivity index (χ2v) is 5.70. The van der Waals surface area contributed by atoms with Crippen molar-refractivity contribution in [1.82, 2.24) is 4.31 Å². The van der Waals surface area contributed by atoms with Gasteiger partial charge in [0, 0.05) is 0 Å². The summed E-state index contributed by atoms with van der Waals surface area (Å²) in [6.45, 7) is 0. The molecule has 0 aliphatic rings. The van der Waals surface area contributed by atoms with Crippen LogP contribution in [-0.2, 0) is 10.0 Å². The second kappa shape index (κ2) is 5.68. The highest BCUT2D eigenvalue weighted by molar-refractivity contribution is 7.90. The van der Waals surface area contributed by atoms with Crippen molar-refractivity contribution in [2.24, 2.45) is 0 Å². The summed E-state index contributed by atoms with van der Waals surface area (Å²) in [5, 5.41) is -8.18. The van der Waals surface area contributed by atoms with Crippen LogP contribution >= 0.6 is 0 Å². The molecule has 0 saturated heterocycles. The van der Waals surface area contributed by atoms with Gasteiger partial charge < -0.3 is 0 Å². The second-order valence-electron chi connectivity index (χ2n) is 3.87. The summed E-state index contributed by atoms with van der Waals surface area (Å²) in [6, 6.07) is 0. The SMILES string of the molecule is O=S(=O)(N(C(F)(F)F)C(F)(F)F)C(F)(F)C(F)(F)C(F)(F)C(F)(F)F. The number of sulfonamides is 1. The molecule has 0 saturated carbocycles. The van der Waals surface area contributed by atoms with Gasteiger partial charge in [0.25, 0.3) is 0 Å². The molecule has 0 spiro atoms. The average Bonchev–Trinajstić information content (AvgIpc) is 2.21. The van der Waals surface area contributed by atoms with E-state index in [9.17, 15) is 74.3 Å². The third kappa shape index (κ3) is 3.56. The zero-order valence-corrected chi connectivity index (χ0v) is 11.2. The number of hydrogen-bond acceptors (Lipinski definition) is 2. The third-order valence-corrected chi connectivity index (χ3v) is 3.94. The highest BCUT2D eigenvalue weighted by Gasteiger charge is 2.87. The zero-order chi connectivity index (χ0) is 21.1. The molecule has 0 atom stereocenters. The predicted octanol–water partition coefficient (Wildman–Crippen LogP) is 4.08. The number of hydrogen-bond donors (Lipinski definition) is 0. The Morgan fingerprint density at radius 3 is 1.00 bits per heavy atom. The average molecular weight is 435 g/mol. The predicted molar refractivity (Wildman–Crippen MR) is 43.8 cm³/mol. The Morgan fingerprint density at radius 1 is 0.520 bits per heavy atom. The minimum atomic E-state index is -8.90. The lowest BCUT2D eigenvalue weighted by atomic mass is 10.1. The van der Waals surface area contributed by atoms with E-state index in [0.29, 0.717) is 0 Å². The highest BCUT2D eigenvalue weighted by atomic mass is 32.2. The van der Waals surface area contributed by atoms with E-state index in [2.05, 4.69) is 0 Å². The molecule has 0 fully saturated rings. The maximum absolute atomic E-state index is 13.0. The zero-order valence-electron chi connectivity index (χ0n) is 10.3. The van der Waals surface area contributed by atoms with Crippen molar-refractivity contribution in [2.45, 2.75) is 35.9 Å². The number of nitrogens with zero attached hydrogens (tertiary/aromatic N) is 1. The van der Waals surface area contributed by atoms with Gasteiger partial charge in [0.1, 0.15) is 0 Å². The first kappa shape index (κ1) is 23.9. The van der Waals surface area contributed by atoms with Crippen LogP contribution in [0.2, 0.25) is 0 Å². The van der Waals surface area contributed by atoms with E-state index in [0.717, 1.165) is 0 Å². The standard InChI is InChI=1S/C6F15NO2S/c7-1(8,3(11,12)13)2(9,10)4(14,15)25(23,24)22(5(16,17)18)6(19,20)21. The summed E-state index contributed by atoms with van der Waals surface area (Å²) in [5.41, 5.74) is 0. The molecule has 0 N–H and O–H groups in total. The molecular weight excluding hydrogens is 435 g/mol. The molecule has 19 heteroatoms. The summed E-state index contributed by atoms with van der Waals surface area (Å²) in [7, 11) is -8.90. The summed E-state index contributed by atoms with van der Waals surface area (Å²) < 4.78 is 200. The van der Waals surface area contributed by atoms with E-state index in [1.807, 2.05) is 0 Å². The smallest absolute Gasteiger partial charge is 0.205 e. The summed E-state index contributed by atoms with van der Waals surface area (Å²) in [4.78, 5) is 0. The molecule has 152 valence electrons. The Balaban J connectivity index is 6.68. The van der Waals surface area contributed by atoms with Crippen LogP contribution in [0.15, 0.2) is 0 Å². The Labute approximate surface area is 126 Å². The van der Waals surface area contributed by atoms with Crippen LogP contribution in [0.3, 0.4) is 0 Å². The van der Waals surface area contributed by atoms with Crippen molar-refractivity contribution in [3.63, 3.8) is 0 Å². The van der Waals surface area contributed by atoms with E-state index in [4.69, 9.17) is 0 Å². The fourth-order valence-electron chi connectivity index (χ4n) is 1.05. The number of halogens is 15. The molecule has 0 unspecified atom stereocenters. The first-order valence-corrected chi connectivity index (χ1v) is 6.19. The van der Waals surface area contributed by atoms with Crippen LogP contribution < -0.4 is 0 Å². The lowest BCUT2D eigenvalue weighted by Crippen LogP contribution is -2.67. The van der Waals surface area contributed by atoms with Gasteiger partial charge in [-0.2, -0.15) is 65.9 Å². The minimum absolute atomic E-state index is 4.21. The lowest BCUT2D eigenvalue weighted by molar-refractivity contribution is -0.385. The fourth-order valence-corrected chi connectivity index (χ4v) is 2.28. The molecule has 0 rings (SSSR count). The molecule has 0 aliphatic carbocycles. The first-order chi connectivity index (χ1) is 10.4.